The van der Waals surface area contributed by atoms with Gasteiger partial charge in [0.1, 0.15) is 0 Å². The minimum atomic E-state index is 0. The molecule has 1 heteroatoms. The Morgan fingerprint density at radius 2 is 1.07 bits per heavy atom. The summed E-state index contributed by atoms with van der Waals surface area (Å²) in [5.74, 6) is 0. The Morgan fingerprint density at radius 3 is 1.21 bits per heavy atom. The molecular formula is C13H13Co-. The van der Waals surface area contributed by atoms with Crippen LogP contribution in [0.25, 0.3) is 0 Å². The Labute approximate surface area is 96.3 Å². The molecule has 1 radical (unpaired) electrons. The van der Waals surface area contributed by atoms with Gasteiger partial charge in [0, 0.05) is 16.8 Å². The maximum Gasteiger partial charge on any atom is 0 e. The van der Waals surface area contributed by atoms with E-state index in [9.17, 15) is 0 Å². The summed E-state index contributed by atoms with van der Waals surface area (Å²) in [5.41, 5.74) is 0. The summed E-state index contributed by atoms with van der Waals surface area (Å²) in [7, 11) is 0. The van der Waals surface area contributed by atoms with Crippen molar-refractivity contribution >= 4 is 0 Å². The Kier molecular flexibility index (Phi) is 9.28. The van der Waals surface area contributed by atoms with E-state index in [1.807, 2.05) is 60.8 Å². The van der Waals surface area contributed by atoms with Gasteiger partial charge < -0.3 is 0 Å². The van der Waals surface area contributed by atoms with Crippen LogP contribution in [0.2, 0.25) is 0 Å². The smallest absolute Gasteiger partial charge is 0 e. The van der Waals surface area contributed by atoms with Crippen LogP contribution in [0.3, 0.4) is 0 Å². The summed E-state index contributed by atoms with van der Waals surface area (Å²) >= 11 is 0. The van der Waals surface area contributed by atoms with Crippen molar-refractivity contribution in [3.8, 4) is 0 Å². The standard InChI is InChI=1S/C8H8.C5H5.Co/c1-2-4-6-8-7-5-3-1;1-2-4-5-3-1;/h1-8H;1-3H,4H2;/q;-1;. The van der Waals surface area contributed by atoms with Gasteiger partial charge in [0.05, 0.1) is 0 Å². The molecule has 14 heavy (non-hydrogen) atoms. The zero-order chi connectivity index (χ0) is 9.19. The van der Waals surface area contributed by atoms with Crippen LogP contribution < -0.4 is 0 Å². The SMILES string of the molecule is C1=CC=CC=CC=C1.[C-]1=CC=CC1.[Co]. The number of allylic oxidation sites excluding steroid dienone is 12. The maximum absolute atomic E-state index is 2.99. The summed E-state index contributed by atoms with van der Waals surface area (Å²) < 4.78 is 0. The third-order valence-corrected chi connectivity index (χ3v) is 1.47. The Hall–Kier alpha value is -1.05. The van der Waals surface area contributed by atoms with Crippen LogP contribution in [0.5, 0.6) is 0 Å². The zero-order valence-electron chi connectivity index (χ0n) is 7.89. The zero-order valence-corrected chi connectivity index (χ0v) is 8.93. The van der Waals surface area contributed by atoms with Gasteiger partial charge in [0.15, 0.2) is 0 Å². The van der Waals surface area contributed by atoms with E-state index in [-0.39, 0.29) is 16.8 Å². The first-order valence-corrected chi connectivity index (χ1v) is 4.38. The van der Waals surface area contributed by atoms with E-state index in [1.54, 1.807) is 0 Å². The number of hydrogen-bond donors (Lipinski definition) is 0. The molecule has 0 atom stereocenters. The molecule has 2 aliphatic carbocycles. The molecule has 0 heterocycles. The summed E-state index contributed by atoms with van der Waals surface area (Å²) in [6.07, 6.45) is 26.0. The Balaban J connectivity index is 0.000000246. The van der Waals surface area contributed by atoms with Crippen LogP contribution in [0.15, 0.2) is 66.8 Å². The molecule has 0 nitrogen and oxygen atoms in total. The Morgan fingerprint density at radius 1 is 0.643 bits per heavy atom. The first-order valence-electron chi connectivity index (χ1n) is 4.38. The molecule has 0 saturated heterocycles. The van der Waals surface area contributed by atoms with Crippen molar-refractivity contribution in [1.82, 2.24) is 0 Å². The topological polar surface area (TPSA) is 0 Å². The van der Waals surface area contributed by atoms with Crippen LogP contribution in [-0.2, 0) is 16.8 Å². The molecule has 0 fully saturated rings. The van der Waals surface area contributed by atoms with Crippen molar-refractivity contribution in [3.63, 3.8) is 0 Å². The predicted molar refractivity (Wildman–Crippen MR) is 58.1 cm³/mol. The monoisotopic (exact) mass is 228 g/mol. The van der Waals surface area contributed by atoms with Crippen LogP contribution in [0.4, 0.5) is 0 Å². The van der Waals surface area contributed by atoms with Gasteiger partial charge in [-0.05, 0) is 0 Å². The van der Waals surface area contributed by atoms with Crippen LogP contribution >= 0.6 is 0 Å². The minimum Gasteiger partial charge on any atom is -0.273 e. The summed E-state index contributed by atoms with van der Waals surface area (Å²) in [4.78, 5) is 0. The summed E-state index contributed by atoms with van der Waals surface area (Å²) in [5, 5.41) is 0. The van der Waals surface area contributed by atoms with Crippen molar-refractivity contribution in [2.45, 2.75) is 6.42 Å². The van der Waals surface area contributed by atoms with E-state index < -0.39 is 0 Å². The fourth-order valence-electron chi connectivity index (χ4n) is 0.853. The molecule has 0 amide bonds. The second kappa shape index (κ2) is 10.0. The molecule has 2 aliphatic rings. The second-order valence-corrected chi connectivity index (χ2v) is 2.54. The van der Waals surface area contributed by atoms with Gasteiger partial charge in [0.2, 0.25) is 0 Å². The molecule has 0 saturated carbocycles. The van der Waals surface area contributed by atoms with Gasteiger partial charge in [-0.25, -0.2) is 12.2 Å². The van der Waals surface area contributed by atoms with Crippen LogP contribution in [0, 0.1) is 6.08 Å². The molecule has 75 valence electrons. The molecule has 0 unspecified atom stereocenters. The average molecular weight is 228 g/mol. The molecule has 0 aromatic rings. The first-order chi connectivity index (χ1) is 6.50. The normalized spacial score (nSPS) is 15.4. The van der Waals surface area contributed by atoms with Gasteiger partial charge in [-0.1, -0.05) is 48.6 Å². The quantitative estimate of drug-likeness (QED) is 0.556. The first kappa shape index (κ1) is 12.9. The van der Waals surface area contributed by atoms with Gasteiger partial charge in [0.25, 0.3) is 0 Å². The summed E-state index contributed by atoms with van der Waals surface area (Å²) in [6, 6.07) is 0. The van der Waals surface area contributed by atoms with Crippen LogP contribution in [0.1, 0.15) is 6.42 Å². The van der Waals surface area contributed by atoms with Crippen molar-refractivity contribution in [3.05, 3.63) is 72.9 Å². The fraction of sp³-hybridized carbons (Fsp3) is 0.0769. The molecule has 0 spiro atoms. The maximum atomic E-state index is 2.99. The van der Waals surface area contributed by atoms with E-state index >= 15 is 0 Å². The third-order valence-electron chi connectivity index (χ3n) is 1.47. The third kappa shape index (κ3) is 7.59. The average Bonchev–Trinajstić information content (AvgIpc) is 2.58. The van der Waals surface area contributed by atoms with Gasteiger partial charge >= 0.3 is 0 Å². The van der Waals surface area contributed by atoms with E-state index in [2.05, 4.69) is 12.2 Å². The molecule has 0 N–H and O–H groups in total. The van der Waals surface area contributed by atoms with Crippen molar-refractivity contribution in [2.75, 3.05) is 0 Å². The van der Waals surface area contributed by atoms with E-state index in [0.29, 0.717) is 0 Å². The second-order valence-electron chi connectivity index (χ2n) is 2.54. The number of hydrogen-bond acceptors (Lipinski definition) is 0. The van der Waals surface area contributed by atoms with Crippen molar-refractivity contribution < 1.29 is 16.8 Å². The van der Waals surface area contributed by atoms with Crippen molar-refractivity contribution in [2.24, 2.45) is 0 Å². The molecular weight excluding hydrogens is 215 g/mol. The predicted octanol–water partition coefficient (Wildman–Crippen LogP) is 3.53. The molecule has 2 rings (SSSR count). The fourth-order valence-corrected chi connectivity index (χ4v) is 0.853. The van der Waals surface area contributed by atoms with E-state index in [0.717, 1.165) is 6.42 Å². The van der Waals surface area contributed by atoms with Crippen molar-refractivity contribution in [1.29, 1.82) is 0 Å². The molecule has 0 aliphatic heterocycles. The van der Waals surface area contributed by atoms with Crippen LogP contribution in [-0.4, -0.2) is 0 Å². The number of rotatable bonds is 0. The molecule has 0 aromatic carbocycles. The minimum absolute atomic E-state index is 0. The Bertz CT molecular complexity index is 222. The largest absolute Gasteiger partial charge is 0.273 e. The molecule has 0 bridgehead atoms. The van der Waals surface area contributed by atoms with Gasteiger partial charge in [-0.15, -0.1) is 6.42 Å². The van der Waals surface area contributed by atoms with Gasteiger partial charge in [-0.2, -0.15) is 6.08 Å². The summed E-state index contributed by atoms with van der Waals surface area (Å²) in [6.45, 7) is 0. The van der Waals surface area contributed by atoms with E-state index in [4.69, 9.17) is 0 Å². The van der Waals surface area contributed by atoms with Gasteiger partial charge in [-0.3, -0.25) is 6.08 Å². The molecule has 0 aromatic heterocycles. The van der Waals surface area contributed by atoms with E-state index in [1.165, 1.54) is 0 Å².